The van der Waals surface area contributed by atoms with E-state index in [-0.39, 0.29) is 24.3 Å². The largest absolute Gasteiger partial charge is 0.333 e. The van der Waals surface area contributed by atoms with E-state index in [0.29, 0.717) is 34.3 Å². The van der Waals surface area contributed by atoms with E-state index in [1.165, 1.54) is 12.1 Å². The highest BCUT2D eigenvalue weighted by Crippen LogP contribution is 2.32. The van der Waals surface area contributed by atoms with Gasteiger partial charge in [0.1, 0.15) is 11.0 Å². The van der Waals surface area contributed by atoms with Crippen molar-refractivity contribution < 1.29 is 9.18 Å². The first-order chi connectivity index (χ1) is 17.4. The summed E-state index contributed by atoms with van der Waals surface area (Å²) >= 11 is 15.6. The molecule has 5 nitrogen and oxygen atoms in total. The Morgan fingerprint density at radius 1 is 1.16 bits per heavy atom. The van der Waals surface area contributed by atoms with E-state index < -0.39 is 0 Å². The zero-order chi connectivity index (χ0) is 25.2. The predicted molar refractivity (Wildman–Crippen MR) is 153 cm³/mol. The van der Waals surface area contributed by atoms with Crippen molar-refractivity contribution >= 4 is 74.5 Å². The lowest BCUT2D eigenvalue weighted by atomic mass is 10.0. The van der Waals surface area contributed by atoms with Gasteiger partial charge in [-0.05, 0) is 65.2 Å². The molecule has 3 heterocycles. The van der Waals surface area contributed by atoms with E-state index >= 15 is 0 Å². The molecule has 1 aliphatic heterocycles. The third kappa shape index (κ3) is 6.36. The summed E-state index contributed by atoms with van der Waals surface area (Å²) in [6.45, 7) is 2.52. The fourth-order valence-corrected chi connectivity index (χ4v) is 5.44. The lowest BCUT2D eigenvalue weighted by Crippen LogP contribution is -2.34. The average Bonchev–Trinajstić information content (AvgIpc) is 3.15. The molecule has 0 atom stereocenters. The quantitative estimate of drug-likeness (QED) is 0.234. The summed E-state index contributed by atoms with van der Waals surface area (Å²) in [5.74, 6) is -0.276. The van der Waals surface area contributed by atoms with Crippen molar-refractivity contribution in [3.63, 3.8) is 0 Å². The summed E-state index contributed by atoms with van der Waals surface area (Å²) in [7, 11) is 0. The predicted octanol–water partition coefficient (Wildman–Crippen LogP) is 7.50. The smallest absolute Gasteiger partial charge is 0.326 e. The Hall–Kier alpha value is -2.42. The van der Waals surface area contributed by atoms with Gasteiger partial charge in [-0.2, -0.15) is 0 Å². The van der Waals surface area contributed by atoms with Gasteiger partial charge in [-0.25, -0.2) is 14.2 Å². The number of amides is 1. The van der Waals surface area contributed by atoms with Gasteiger partial charge in [-0.1, -0.05) is 51.3 Å². The minimum absolute atomic E-state index is 0. The number of hydrogen-bond acceptors (Lipinski definition) is 3. The number of pyridine rings is 1. The highest BCUT2D eigenvalue weighted by molar-refractivity contribution is 9.10. The summed E-state index contributed by atoms with van der Waals surface area (Å²) in [5.41, 5.74) is 4.60. The third-order valence-electron chi connectivity index (χ3n) is 6.19. The van der Waals surface area contributed by atoms with E-state index in [2.05, 4.69) is 31.1 Å². The number of nitrogens with zero attached hydrogens (tertiary/aromatic N) is 3. The second-order valence-electron chi connectivity index (χ2n) is 8.66. The number of carbonyl (C=O) groups excluding carboxylic acids is 1. The lowest BCUT2D eigenvalue weighted by molar-refractivity contribution is 0.240. The number of carbonyl (C=O) groups is 1. The fraction of sp³-hybridized carbons (Fsp3) is 0.185. The second-order valence-corrected chi connectivity index (χ2v) is 10.4. The molecule has 4 aromatic rings. The molecular formula is C27H23BrCl3FN4O. The first-order valence-corrected chi connectivity index (χ1v) is 13.0. The van der Waals surface area contributed by atoms with Gasteiger partial charge in [0.2, 0.25) is 0 Å². The van der Waals surface area contributed by atoms with Gasteiger partial charge < -0.3 is 5.32 Å². The molecular weight excluding hydrogens is 602 g/mol. The molecule has 37 heavy (non-hydrogen) atoms. The van der Waals surface area contributed by atoms with Crippen molar-refractivity contribution in [1.82, 2.24) is 19.8 Å². The van der Waals surface area contributed by atoms with Crippen LogP contribution in [-0.2, 0) is 19.5 Å². The zero-order valence-electron chi connectivity index (χ0n) is 19.6. The van der Waals surface area contributed by atoms with E-state index in [4.69, 9.17) is 23.2 Å². The van der Waals surface area contributed by atoms with Crippen LogP contribution in [0.25, 0.3) is 17.0 Å². The SMILES string of the molecule is Cl.O=C(NCc1ccnc(Cl)c1)n1c2c(c3cc(Cl)ccc31)CN(C/C=C/c1cc(F)cc(Br)c1)CC2. The molecule has 2 aromatic carbocycles. The molecule has 0 saturated carbocycles. The molecule has 2 aromatic heterocycles. The van der Waals surface area contributed by atoms with Crippen LogP contribution in [0.4, 0.5) is 9.18 Å². The maximum Gasteiger partial charge on any atom is 0.326 e. The van der Waals surface area contributed by atoms with E-state index in [9.17, 15) is 9.18 Å². The summed E-state index contributed by atoms with van der Waals surface area (Å²) in [6, 6.07) is 13.8. The van der Waals surface area contributed by atoms with Gasteiger partial charge in [0.15, 0.2) is 0 Å². The van der Waals surface area contributed by atoms with Gasteiger partial charge in [0.05, 0.1) is 5.52 Å². The van der Waals surface area contributed by atoms with Crippen LogP contribution in [0.3, 0.4) is 0 Å². The van der Waals surface area contributed by atoms with Crippen LogP contribution in [0.15, 0.2) is 65.3 Å². The first-order valence-electron chi connectivity index (χ1n) is 11.4. The number of nitrogens with one attached hydrogen (secondary N) is 1. The number of fused-ring (bicyclic) bond motifs is 3. The zero-order valence-corrected chi connectivity index (χ0v) is 23.5. The Balaban J connectivity index is 0.00000320. The van der Waals surface area contributed by atoms with E-state index in [0.717, 1.165) is 46.3 Å². The summed E-state index contributed by atoms with van der Waals surface area (Å²) < 4.78 is 16.1. The maximum atomic E-state index is 13.7. The molecule has 0 unspecified atom stereocenters. The van der Waals surface area contributed by atoms with Crippen LogP contribution in [0, 0.1) is 5.82 Å². The van der Waals surface area contributed by atoms with Crippen LogP contribution < -0.4 is 5.32 Å². The van der Waals surface area contributed by atoms with Crippen LogP contribution in [0.2, 0.25) is 10.2 Å². The van der Waals surface area contributed by atoms with Gasteiger partial charge in [-0.3, -0.25) is 9.47 Å². The molecule has 0 aliphatic carbocycles. The van der Waals surface area contributed by atoms with Crippen molar-refractivity contribution in [2.24, 2.45) is 0 Å². The molecule has 10 heteroatoms. The second kappa shape index (κ2) is 12.0. The number of hydrogen-bond donors (Lipinski definition) is 1. The lowest BCUT2D eigenvalue weighted by Gasteiger charge is -2.27. The topological polar surface area (TPSA) is 50.2 Å². The van der Waals surface area contributed by atoms with Crippen LogP contribution in [0.1, 0.15) is 22.4 Å². The van der Waals surface area contributed by atoms with E-state index in [1.807, 2.05) is 36.4 Å². The van der Waals surface area contributed by atoms with Crippen molar-refractivity contribution in [1.29, 1.82) is 0 Å². The number of aromatic nitrogens is 2. The number of rotatable bonds is 5. The van der Waals surface area contributed by atoms with E-state index in [1.54, 1.807) is 22.9 Å². The third-order valence-corrected chi connectivity index (χ3v) is 7.09. The van der Waals surface area contributed by atoms with Crippen molar-refractivity contribution in [2.75, 3.05) is 13.1 Å². The molecule has 0 bridgehead atoms. The molecule has 5 rings (SSSR count). The number of halogens is 5. The molecule has 1 N–H and O–H groups in total. The van der Waals surface area contributed by atoms with Gasteiger partial charge >= 0.3 is 6.03 Å². The van der Waals surface area contributed by atoms with Crippen LogP contribution in [-0.4, -0.2) is 33.6 Å². The minimum Gasteiger partial charge on any atom is -0.333 e. The fourth-order valence-electron chi connectivity index (χ4n) is 4.59. The Kier molecular flexibility index (Phi) is 8.93. The standard InChI is InChI=1S/C27H22BrCl2FN4O.ClH/c28-19-10-17(11-21(31)13-19)2-1-8-34-9-6-25-23(16-34)22-14-20(29)3-4-24(22)35(25)27(36)33-15-18-5-7-32-26(30)12-18;/h1-5,7,10-14H,6,8-9,15-16H2,(H,33,36);1H/b2-1+;. The van der Waals surface area contributed by atoms with Crippen LogP contribution in [0.5, 0.6) is 0 Å². The Morgan fingerprint density at radius 3 is 2.78 bits per heavy atom. The van der Waals surface area contributed by atoms with Gasteiger partial charge in [0, 0.05) is 59.4 Å². The highest BCUT2D eigenvalue weighted by Gasteiger charge is 2.26. The molecule has 0 spiro atoms. The molecule has 0 fully saturated rings. The first kappa shape index (κ1) is 27.6. The monoisotopic (exact) mass is 622 g/mol. The van der Waals surface area contributed by atoms with Gasteiger partial charge in [0.25, 0.3) is 0 Å². The summed E-state index contributed by atoms with van der Waals surface area (Å²) in [5, 5.41) is 4.99. The Morgan fingerprint density at radius 2 is 2.00 bits per heavy atom. The summed E-state index contributed by atoms with van der Waals surface area (Å²) in [6.07, 6.45) is 6.29. The van der Waals surface area contributed by atoms with Crippen molar-refractivity contribution in [3.05, 3.63) is 104 Å². The molecule has 0 radical (unpaired) electrons. The molecule has 0 saturated heterocycles. The van der Waals surface area contributed by atoms with Crippen molar-refractivity contribution in [2.45, 2.75) is 19.5 Å². The van der Waals surface area contributed by atoms with Crippen LogP contribution >= 0.6 is 51.5 Å². The number of benzene rings is 2. The maximum absolute atomic E-state index is 13.7. The van der Waals surface area contributed by atoms with Gasteiger partial charge in [-0.15, -0.1) is 12.4 Å². The molecule has 192 valence electrons. The Bertz CT molecular complexity index is 1470. The molecule has 1 aliphatic rings. The molecule has 1 amide bonds. The normalized spacial score (nSPS) is 13.5. The summed E-state index contributed by atoms with van der Waals surface area (Å²) in [4.78, 5) is 19.6. The minimum atomic E-state index is -0.276. The van der Waals surface area contributed by atoms with Crippen molar-refractivity contribution in [3.8, 4) is 0 Å². The Labute approximate surface area is 238 Å². The average molecular weight is 625 g/mol. The highest BCUT2D eigenvalue weighted by atomic mass is 79.9.